The normalized spacial score (nSPS) is 22.2. The molecule has 1 aromatic carbocycles. The van der Waals surface area contributed by atoms with Gasteiger partial charge in [-0.25, -0.2) is 27.9 Å². The van der Waals surface area contributed by atoms with Crippen LogP contribution in [0.5, 0.6) is 5.75 Å². The molecule has 0 aliphatic carbocycles. The van der Waals surface area contributed by atoms with E-state index in [4.69, 9.17) is 20.3 Å². The molecule has 1 aliphatic rings. The molecule has 186 valence electrons. The minimum atomic E-state index is -3.79. The Balaban J connectivity index is 1.75. The number of primary sulfonamides is 1. The summed E-state index contributed by atoms with van der Waals surface area (Å²) in [4.78, 5) is 8.20. The van der Waals surface area contributed by atoms with Crippen molar-refractivity contribution in [2.75, 3.05) is 18.1 Å². The molecule has 3 heterocycles. The van der Waals surface area contributed by atoms with E-state index in [1.165, 1.54) is 29.2 Å². The topological polar surface area (TPSA) is 176 Å². The van der Waals surface area contributed by atoms with E-state index in [0.29, 0.717) is 17.6 Å². The van der Waals surface area contributed by atoms with E-state index >= 15 is 0 Å². The van der Waals surface area contributed by atoms with E-state index in [1.54, 1.807) is 13.0 Å². The molecule has 13 heteroatoms. The molecule has 35 heavy (non-hydrogen) atoms. The van der Waals surface area contributed by atoms with Crippen molar-refractivity contribution in [1.29, 1.82) is 0 Å². The molecule has 0 radical (unpaired) electrons. The second kappa shape index (κ2) is 9.76. The van der Waals surface area contributed by atoms with Gasteiger partial charge in [0.05, 0.1) is 29.4 Å². The minimum Gasteiger partial charge on any atom is -0.492 e. The highest BCUT2D eigenvalue weighted by atomic mass is 32.2. The summed E-state index contributed by atoms with van der Waals surface area (Å²) in [5.74, 6) is 5.01. The number of aliphatic hydroxyl groups is 2. The lowest BCUT2D eigenvalue weighted by molar-refractivity contribution is -0.0350. The van der Waals surface area contributed by atoms with Crippen LogP contribution in [0.4, 0.5) is 10.2 Å². The lowest BCUT2D eigenvalue weighted by Crippen LogP contribution is -2.33. The van der Waals surface area contributed by atoms with Gasteiger partial charge in [0.1, 0.15) is 47.1 Å². The van der Waals surface area contributed by atoms with Crippen molar-refractivity contribution in [3.63, 3.8) is 0 Å². The van der Waals surface area contributed by atoms with Gasteiger partial charge in [-0.15, -0.1) is 0 Å². The van der Waals surface area contributed by atoms with Gasteiger partial charge < -0.3 is 30.0 Å². The van der Waals surface area contributed by atoms with Gasteiger partial charge in [0.2, 0.25) is 10.0 Å². The van der Waals surface area contributed by atoms with Gasteiger partial charge in [-0.2, -0.15) is 0 Å². The van der Waals surface area contributed by atoms with Crippen LogP contribution in [-0.4, -0.2) is 63.8 Å². The standard InChI is InChI=1S/C22H24FN5O6S/c1-2-33-15-5-3-4-14(23)13(15)7-6-12-10-28(21-17(12)20(24)26-11-27-21)22-19(30)18(29)16(34-22)8-9-35(25,31)32/h3-5,10-11,16,18-19,22,29-30H,2,8-9H2,1H3,(H2,24,26,27)(H2,25,31,32)/t16-,18-,19-,22-/m1/s1. The number of nitrogens with zero attached hydrogens (tertiary/aromatic N) is 3. The van der Waals surface area contributed by atoms with E-state index in [9.17, 15) is 23.0 Å². The molecule has 1 fully saturated rings. The molecule has 0 amide bonds. The first-order valence-corrected chi connectivity index (χ1v) is 12.4. The third-order valence-electron chi connectivity index (χ3n) is 5.53. The predicted octanol–water partition coefficient (Wildman–Crippen LogP) is 0.249. The van der Waals surface area contributed by atoms with Gasteiger partial charge in [-0.3, -0.25) is 0 Å². The van der Waals surface area contributed by atoms with Crippen molar-refractivity contribution in [3.05, 3.63) is 47.7 Å². The van der Waals surface area contributed by atoms with E-state index in [-0.39, 0.29) is 29.2 Å². The summed E-state index contributed by atoms with van der Waals surface area (Å²) in [6, 6.07) is 4.38. The molecule has 1 aliphatic heterocycles. The van der Waals surface area contributed by atoms with Gasteiger partial charge in [0, 0.05) is 6.20 Å². The van der Waals surface area contributed by atoms with Crippen molar-refractivity contribution >= 4 is 26.9 Å². The Labute approximate surface area is 200 Å². The highest BCUT2D eigenvalue weighted by molar-refractivity contribution is 7.89. The first-order chi connectivity index (χ1) is 16.6. The molecule has 6 N–H and O–H groups in total. The number of benzene rings is 1. The first kappa shape index (κ1) is 24.8. The maximum absolute atomic E-state index is 14.4. The summed E-state index contributed by atoms with van der Waals surface area (Å²) in [5.41, 5.74) is 6.70. The number of ether oxygens (including phenoxy) is 2. The van der Waals surface area contributed by atoms with Crippen LogP contribution in [0, 0.1) is 17.7 Å². The van der Waals surface area contributed by atoms with Crippen LogP contribution in [-0.2, 0) is 14.8 Å². The summed E-state index contributed by atoms with van der Waals surface area (Å²) in [5, 5.41) is 26.4. The van der Waals surface area contributed by atoms with Crippen LogP contribution in [0.15, 0.2) is 30.7 Å². The number of sulfonamides is 1. The maximum atomic E-state index is 14.4. The smallest absolute Gasteiger partial charge is 0.209 e. The Morgan fingerprint density at radius 2 is 2.03 bits per heavy atom. The van der Waals surface area contributed by atoms with Gasteiger partial charge >= 0.3 is 0 Å². The van der Waals surface area contributed by atoms with Crippen LogP contribution < -0.4 is 15.6 Å². The third-order valence-corrected chi connectivity index (χ3v) is 6.34. The molecule has 11 nitrogen and oxygen atoms in total. The molecule has 2 aromatic heterocycles. The van der Waals surface area contributed by atoms with Crippen LogP contribution in [0.25, 0.3) is 11.0 Å². The van der Waals surface area contributed by atoms with Gasteiger partial charge in [-0.1, -0.05) is 17.9 Å². The fourth-order valence-electron chi connectivity index (χ4n) is 3.91. The Morgan fingerprint density at radius 3 is 2.74 bits per heavy atom. The van der Waals surface area contributed by atoms with Crippen molar-refractivity contribution in [3.8, 4) is 17.6 Å². The predicted molar refractivity (Wildman–Crippen MR) is 124 cm³/mol. The second-order valence-electron chi connectivity index (χ2n) is 7.91. The molecular weight excluding hydrogens is 481 g/mol. The number of nitrogen functional groups attached to an aromatic ring is 1. The average Bonchev–Trinajstić information content (AvgIpc) is 3.30. The first-order valence-electron chi connectivity index (χ1n) is 10.7. The highest BCUT2D eigenvalue weighted by Gasteiger charge is 2.44. The molecule has 0 spiro atoms. The summed E-state index contributed by atoms with van der Waals surface area (Å²) in [7, 11) is -3.79. The van der Waals surface area contributed by atoms with Crippen LogP contribution >= 0.6 is 0 Å². The summed E-state index contributed by atoms with van der Waals surface area (Å²) < 4.78 is 49.7. The van der Waals surface area contributed by atoms with Crippen molar-refractivity contribution in [2.24, 2.45) is 5.14 Å². The molecule has 1 saturated heterocycles. The molecule has 0 saturated carbocycles. The second-order valence-corrected chi connectivity index (χ2v) is 9.64. The quantitative estimate of drug-likeness (QED) is 0.342. The number of hydrogen-bond donors (Lipinski definition) is 4. The zero-order valence-corrected chi connectivity index (χ0v) is 19.4. The number of rotatable bonds is 6. The van der Waals surface area contributed by atoms with Crippen molar-refractivity contribution in [2.45, 2.75) is 37.9 Å². The molecule has 3 aromatic rings. The Morgan fingerprint density at radius 1 is 1.26 bits per heavy atom. The average molecular weight is 506 g/mol. The molecule has 4 rings (SSSR count). The zero-order chi connectivity index (χ0) is 25.3. The Kier molecular flexibility index (Phi) is 6.93. The summed E-state index contributed by atoms with van der Waals surface area (Å²) in [6.07, 6.45) is -2.33. The lowest BCUT2D eigenvalue weighted by Gasteiger charge is -2.17. The van der Waals surface area contributed by atoms with Gasteiger partial charge in [0.15, 0.2) is 6.23 Å². The van der Waals surface area contributed by atoms with Crippen molar-refractivity contribution in [1.82, 2.24) is 14.5 Å². The van der Waals surface area contributed by atoms with Crippen LogP contribution in [0.2, 0.25) is 0 Å². The fraction of sp³-hybridized carbons (Fsp3) is 0.364. The molecule has 0 unspecified atom stereocenters. The fourth-order valence-corrected chi connectivity index (χ4v) is 4.47. The van der Waals surface area contributed by atoms with Crippen LogP contribution in [0.3, 0.4) is 0 Å². The number of fused-ring (bicyclic) bond motifs is 1. The SMILES string of the molecule is CCOc1cccc(F)c1C#Cc1cn([C@@H]2O[C@H](CCS(N)(=O)=O)[C@@H](O)[C@H]2O)c2ncnc(N)c12. The number of aliphatic hydroxyl groups excluding tert-OH is 2. The molecule has 4 atom stereocenters. The Bertz CT molecular complexity index is 1420. The van der Waals surface area contributed by atoms with E-state index in [0.717, 1.165) is 0 Å². The number of nitrogens with two attached hydrogens (primary N) is 2. The zero-order valence-electron chi connectivity index (χ0n) is 18.6. The Hall–Kier alpha value is -3.28. The number of aromatic nitrogens is 3. The van der Waals surface area contributed by atoms with Gasteiger partial charge in [0.25, 0.3) is 0 Å². The van der Waals surface area contributed by atoms with Crippen molar-refractivity contribution < 1.29 is 32.5 Å². The maximum Gasteiger partial charge on any atom is 0.209 e. The van der Waals surface area contributed by atoms with Crippen LogP contribution in [0.1, 0.15) is 30.7 Å². The third kappa shape index (κ3) is 5.07. The number of anilines is 1. The van der Waals surface area contributed by atoms with E-state index < -0.39 is 46.1 Å². The minimum absolute atomic E-state index is 0.0568. The largest absolute Gasteiger partial charge is 0.492 e. The monoisotopic (exact) mass is 505 g/mol. The van der Waals surface area contributed by atoms with Gasteiger partial charge in [-0.05, 0) is 25.5 Å². The number of halogens is 1. The molecular formula is C22H24FN5O6S. The lowest BCUT2D eigenvalue weighted by atomic mass is 10.1. The molecule has 0 bridgehead atoms. The number of hydrogen-bond acceptors (Lipinski definition) is 9. The van der Waals surface area contributed by atoms with E-state index in [2.05, 4.69) is 21.8 Å². The summed E-state index contributed by atoms with van der Waals surface area (Å²) >= 11 is 0. The summed E-state index contributed by atoms with van der Waals surface area (Å²) in [6.45, 7) is 2.09. The van der Waals surface area contributed by atoms with E-state index in [1.807, 2.05) is 0 Å². The highest BCUT2D eigenvalue weighted by Crippen LogP contribution is 2.35.